The Morgan fingerprint density at radius 1 is 1.00 bits per heavy atom. The van der Waals surface area contributed by atoms with E-state index in [1.165, 1.54) is 7.11 Å². The Balaban J connectivity index is 1.93. The number of benzene rings is 3. The molecule has 0 aliphatic rings. The third kappa shape index (κ3) is 3.79. The Morgan fingerprint density at radius 2 is 1.72 bits per heavy atom. The second-order valence-corrected chi connectivity index (χ2v) is 7.32. The van der Waals surface area contributed by atoms with E-state index in [1.54, 1.807) is 18.2 Å². The van der Waals surface area contributed by atoms with Gasteiger partial charge in [0.2, 0.25) is 0 Å². The molecule has 6 heteroatoms. The van der Waals surface area contributed by atoms with Gasteiger partial charge >= 0.3 is 5.97 Å². The fraction of sp³-hybridized carbons (Fsp3) is 0.0435. The van der Waals surface area contributed by atoms with Gasteiger partial charge in [0.15, 0.2) is 5.88 Å². The molecular formula is C23H17BrN2O3. The van der Waals surface area contributed by atoms with Crippen LogP contribution in [0.3, 0.4) is 0 Å². The molecule has 0 saturated carbocycles. The zero-order valence-electron chi connectivity index (χ0n) is 15.5. The minimum Gasteiger partial charge on any atom is -0.494 e. The molecule has 0 bridgehead atoms. The van der Waals surface area contributed by atoms with Gasteiger partial charge in [-0.1, -0.05) is 52.3 Å². The maximum Gasteiger partial charge on any atom is 0.337 e. The first-order valence-corrected chi connectivity index (χ1v) is 9.69. The van der Waals surface area contributed by atoms with Crippen LogP contribution in [0.1, 0.15) is 21.5 Å². The van der Waals surface area contributed by atoms with Gasteiger partial charge in [0, 0.05) is 20.9 Å². The summed E-state index contributed by atoms with van der Waals surface area (Å²) in [5, 5.41) is 11.5. The predicted molar refractivity (Wildman–Crippen MR) is 117 cm³/mol. The van der Waals surface area contributed by atoms with Crippen molar-refractivity contribution in [3.63, 3.8) is 0 Å². The molecule has 0 saturated heterocycles. The molecule has 4 rings (SSSR count). The minimum atomic E-state index is -0.436. The van der Waals surface area contributed by atoms with Crippen LogP contribution >= 0.6 is 15.9 Å². The molecule has 5 nitrogen and oxygen atoms in total. The Morgan fingerprint density at radius 3 is 2.41 bits per heavy atom. The number of aromatic nitrogens is 1. The highest BCUT2D eigenvalue weighted by molar-refractivity contribution is 9.10. The van der Waals surface area contributed by atoms with Crippen molar-refractivity contribution in [2.45, 2.75) is 0 Å². The molecule has 4 aromatic rings. The topological polar surface area (TPSA) is 74.7 Å². The number of fused-ring (bicyclic) bond motifs is 1. The monoisotopic (exact) mass is 448 g/mol. The summed E-state index contributed by atoms with van der Waals surface area (Å²) in [6.45, 7) is 0. The Bertz CT molecular complexity index is 1210. The van der Waals surface area contributed by atoms with Crippen LogP contribution in [0, 0.1) is 0 Å². The first kappa shape index (κ1) is 19.0. The van der Waals surface area contributed by atoms with Crippen molar-refractivity contribution in [1.29, 1.82) is 0 Å². The number of nitrogens with one attached hydrogen (secondary N) is 1. The fourth-order valence-corrected chi connectivity index (χ4v) is 3.44. The lowest BCUT2D eigenvalue weighted by Crippen LogP contribution is -2.03. The highest BCUT2D eigenvalue weighted by atomic mass is 79.9. The summed E-state index contributed by atoms with van der Waals surface area (Å²) in [5.41, 5.74) is 3.85. The van der Waals surface area contributed by atoms with Crippen molar-refractivity contribution in [2.24, 2.45) is 4.99 Å². The van der Waals surface area contributed by atoms with Gasteiger partial charge in [-0.25, -0.2) is 9.79 Å². The maximum absolute atomic E-state index is 11.8. The molecule has 0 spiro atoms. The molecular weight excluding hydrogens is 432 g/mol. The fourth-order valence-electron chi connectivity index (χ4n) is 3.17. The van der Waals surface area contributed by atoms with Gasteiger partial charge in [-0.15, -0.1) is 0 Å². The number of halogens is 1. The van der Waals surface area contributed by atoms with E-state index in [9.17, 15) is 9.90 Å². The first-order valence-electron chi connectivity index (χ1n) is 8.90. The van der Waals surface area contributed by atoms with Gasteiger partial charge in [0.25, 0.3) is 0 Å². The smallest absolute Gasteiger partial charge is 0.337 e. The summed E-state index contributed by atoms with van der Waals surface area (Å²) in [5.74, 6) is -0.448. The number of carbonyl (C=O) groups is 1. The van der Waals surface area contributed by atoms with E-state index in [-0.39, 0.29) is 5.88 Å². The molecule has 29 heavy (non-hydrogen) atoms. The van der Waals surface area contributed by atoms with E-state index in [1.807, 2.05) is 54.6 Å². The quantitative estimate of drug-likeness (QED) is 0.315. The van der Waals surface area contributed by atoms with Gasteiger partial charge in [-0.2, -0.15) is 0 Å². The van der Waals surface area contributed by atoms with Crippen molar-refractivity contribution < 1.29 is 14.6 Å². The zero-order chi connectivity index (χ0) is 20.4. The van der Waals surface area contributed by atoms with Crippen LogP contribution in [0.5, 0.6) is 5.88 Å². The van der Waals surface area contributed by atoms with E-state index in [0.29, 0.717) is 22.4 Å². The molecule has 0 unspecified atom stereocenters. The Kier molecular flexibility index (Phi) is 5.18. The lowest BCUT2D eigenvalue weighted by atomic mass is 10.00. The molecule has 1 aromatic heterocycles. The number of ether oxygens (including phenoxy) is 1. The van der Waals surface area contributed by atoms with Crippen LogP contribution in [-0.4, -0.2) is 28.9 Å². The van der Waals surface area contributed by atoms with Gasteiger partial charge < -0.3 is 14.8 Å². The summed E-state index contributed by atoms with van der Waals surface area (Å²) >= 11 is 3.43. The lowest BCUT2D eigenvalue weighted by molar-refractivity contribution is 0.0601. The Hall–Kier alpha value is -3.38. The average Bonchev–Trinajstić information content (AvgIpc) is 3.08. The first-order chi connectivity index (χ1) is 14.1. The van der Waals surface area contributed by atoms with E-state index in [4.69, 9.17) is 9.73 Å². The van der Waals surface area contributed by atoms with E-state index in [2.05, 4.69) is 20.9 Å². The Labute approximate surface area is 175 Å². The normalized spacial score (nSPS) is 11.6. The molecule has 0 aliphatic heterocycles. The summed E-state index contributed by atoms with van der Waals surface area (Å²) < 4.78 is 5.75. The number of aliphatic imine (C=N–C) groups is 1. The molecule has 0 amide bonds. The van der Waals surface area contributed by atoms with Crippen LogP contribution in [0.4, 0.5) is 5.69 Å². The molecule has 144 valence electrons. The minimum absolute atomic E-state index is 0.0123. The molecule has 1 heterocycles. The standard InChI is InChI=1S/C23H17BrN2O3/c1-29-23(28)15-7-12-18-19(13-15)26-22(27)20(18)21(14-5-3-2-4-6-14)25-17-10-8-16(24)9-11-17/h2-13,26-27H,1H3. The van der Waals surface area contributed by atoms with Gasteiger partial charge in [-0.3, -0.25) is 0 Å². The van der Waals surface area contributed by atoms with Crippen molar-refractivity contribution in [1.82, 2.24) is 4.98 Å². The largest absolute Gasteiger partial charge is 0.494 e. The number of methoxy groups -OCH3 is 1. The van der Waals surface area contributed by atoms with Crippen LogP contribution < -0.4 is 0 Å². The number of nitrogens with zero attached hydrogens (tertiary/aromatic N) is 1. The summed E-state index contributed by atoms with van der Waals surface area (Å²) in [4.78, 5) is 19.6. The SMILES string of the molecule is COC(=O)c1ccc2c(C(=Nc3ccc(Br)cc3)c3ccccc3)c(O)[nH]c2c1. The number of aromatic hydroxyl groups is 1. The van der Waals surface area contributed by atoms with E-state index < -0.39 is 5.97 Å². The summed E-state index contributed by atoms with van der Waals surface area (Å²) in [6, 6.07) is 22.4. The maximum atomic E-state index is 11.8. The predicted octanol–water partition coefficient (Wildman–Crippen LogP) is 5.59. The highest BCUT2D eigenvalue weighted by Gasteiger charge is 2.19. The number of carbonyl (C=O) groups excluding carboxylic acids is 1. The third-order valence-corrected chi connectivity index (χ3v) is 5.08. The number of H-pyrrole nitrogens is 1. The lowest BCUT2D eigenvalue weighted by Gasteiger charge is -2.08. The zero-order valence-corrected chi connectivity index (χ0v) is 17.1. The number of hydrogen-bond acceptors (Lipinski definition) is 4. The van der Waals surface area contributed by atoms with Gasteiger partial charge in [0.05, 0.1) is 29.6 Å². The van der Waals surface area contributed by atoms with Crippen molar-refractivity contribution in [2.75, 3.05) is 7.11 Å². The molecule has 0 atom stereocenters. The van der Waals surface area contributed by atoms with Gasteiger partial charge in [0.1, 0.15) is 0 Å². The second kappa shape index (κ2) is 7.93. The number of rotatable bonds is 4. The number of esters is 1. The van der Waals surface area contributed by atoms with Crippen molar-refractivity contribution in [3.8, 4) is 5.88 Å². The molecule has 0 radical (unpaired) electrons. The second-order valence-electron chi connectivity index (χ2n) is 6.40. The van der Waals surface area contributed by atoms with Crippen LogP contribution in [0.15, 0.2) is 82.3 Å². The summed E-state index contributed by atoms with van der Waals surface area (Å²) in [6.07, 6.45) is 0. The van der Waals surface area contributed by atoms with Crippen LogP contribution in [-0.2, 0) is 4.74 Å². The highest BCUT2D eigenvalue weighted by Crippen LogP contribution is 2.32. The molecule has 2 N–H and O–H groups in total. The van der Waals surface area contributed by atoms with Crippen molar-refractivity contribution >= 4 is 44.2 Å². The number of hydrogen-bond donors (Lipinski definition) is 2. The van der Waals surface area contributed by atoms with E-state index >= 15 is 0 Å². The summed E-state index contributed by atoms with van der Waals surface area (Å²) in [7, 11) is 1.34. The number of aromatic amines is 1. The molecule has 0 fully saturated rings. The van der Waals surface area contributed by atoms with Crippen LogP contribution in [0.2, 0.25) is 0 Å². The average molecular weight is 449 g/mol. The van der Waals surface area contributed by atoms with Gasteiger partial charge in [-0.05, 0) is 36.4 Å². The van der Waals surface area contributed by atoms with Crippen molar-refractivity contribution in [3.05, 3.63) is 94.0 Å². The molecule has 3 aromatic carbocycles. The third-order valence-electron chi connectivity index (χ3n) is 4.55. The van der Waals surface area contributed by atoms with Crippen LogP contribution in [0.25, 0.3) is 10.9 Å². The van der Waals surface area contributed by atoms with E-state index in [0.717, 1.165) is 21.1 Å². The molecule has 0 aliphatic carbocycles.